The monoisotopic (exact) mass is 364 g/mol. The van der Waals surface area contributed by atoms with Crippen molar-refractivity contribution < 1.29 is 9.18 Å². The van der Waals surface area contributed by atoms with E-state index in [2.05, 4.69) is 27.1 Å². The lowest BCUT2D eigenvalue weighted by molar-refractivity contribution is 0.102. The van der Waals surface area contributed by atoms with Gasteiger partial charge in [0.05, 0.1) is 5.69 Å². The molecule has 2 aromatic carbocycles. The van der Waals surface area contributed by atoms with Crippen LogP contribution in [-0.2, 0) is 0 Å². The topological polar surface area (TPSA) is 48.5 Å². The van der Waals surface area contributed by atoms with Crippen molar-refractivity contribution in [3.8, 4) is 0 Å². The number of fused-ring (bicyclic) bond motifs is 1. The number of aromatic nitrogens is 1. The van der Waals surface area contributed by atoms with Gasteiger partial charge in [-0.25, -0.2) is 4.39 Å². The van der Waals surface area contributed by atoms with Crippen molar-refractivity contribution in [2.24, 2.45) is 0 Å². The van der Waals surface area contributed by atoms with Crippen LogP contribution in [0.3, 0.4) is 0 Å². The number of rotatable bonds is 3. The molecule has 5 nitrogen and oxygen atoms in total. The fourth-order valence-corrected chi connectivity index (χ4v) is 3.35. The van der Waals surface area contributed by atoms with Gasteiger partial charge in [-0.1, -0.05) is 0 Å². The molecule has 0 saturated carbocycles. The molecular weight excluding hydrogens is 343 g/mol. The lowest BCUT2D eigenvalue weighted by Crippen LogP contribution is -2.44. The highest BCUT2D eigenvalue weighted by molar-refractivity contribution is 6.09. The van der Waals surface area contributed by atoms with Crippen molar-refractivity contribution in [3.05, 3.63) is 66.2 Å². The molecule has 0 radical (unpaired) electrons. The van der Waals surface area contributed by atoms with Crippen molar-refractivity contribution in [2.45, 2.75) is 0 Å². The third-order valence-electron chi connectivity index (χ3n) is 5.01. The Morgan fingerprint density at radius 1 is 1.00 bits per heavy atom. The van der Waals surface area contributed by atoms with Gasteiger partial charge in [-0.2, -0.15) is 0 Å². The Balaban J connectivity index is 1.51. The molecular formula is C21H21FN4O. The summed E-state index contributed by atoms with van der Waals surface area (Å²) in [5.74, 6) is -0.557. The highest BCUT2D eigenvalue weighted by atomic mass is 19.1. The lowest BCUT2D eigenvalue weighted by atomic mass is 10.1. The van der Waals surface area contributed by atoms with Gasteiger partial charge < -0.3 is 15.1 Å². The van der Waals surface area contributed by atoms with Crippen LogP contribution >= 0.6 is 0 Å². The predicted molar refractivity (Wildman–Crippen MR) is 106 cm³/mol. The second kappa shape index (κ2) is 7.32. The number of carbonyl (C=O) groups excluding carboxylic acids is 1. The quantitative estimate of drug-likeness (QED) is 0.774. The van der Waals surface area contributed by atoms with E-state index in [-0.39, 0.29) is 11.7 Å². The number of likely N-dealkylation sites (N-methyl/N-ethyl adjacent to an activating group) is 1. The number of carbonyl (C=O) groups is 1. The number of nitrogens with one attached hydrogen (secondary N) is 1. The first-order valence-electron chi connectivity index (χ1n) is 8.99. The Morgan fingerprint density at radius 2 is 1.74 bits per heavy atom. The summed E-state index contributed by atoms with van der Waals surface area (Å²) in [5.41, 5.74) is 2.23. The first kappa shape index (κ1) is 17.4. The molecule has 4 rings (SSSR count). The van der Waals surface area contributed by atoms with E-state index in [9.17, 15) is 9.18 Å². The number of anilines is 2. The fraction of sp³-hybridized carbons (Fsp3) is 0.238. The summed E-state index contributed by atoms with van der Waals surface area (Å²) < 4.78 is 13.9. The summed E-state index contributed by atoms with van der Waals surface area (Å²) in [4.78, 5) is 21.3. The molecule has 6 heteroatoms. The van der Waals surface area contributed by atoms with E-state index in [0.29, 0.717) is 22.0 Å². The molecule has 1 saturated heterocycles. The van der Waals surface area contributed by atoms with Gasteiger partial charge in [-0.3, -0.25) is 9.78 Å². The molecule has 1 N–H and O–H groups in total. The van der Waals surface area contributed by atoms with Gasteiger partial charge in [0.2, 0.25) is 0 Å². The first-order chi connectivity index (χ1) is 13.1. The zero-order chi connectivity index (χ0) is 18.8. The molecule has 0 spiro atoms. The first-order valence-corrected chi connectivity index (χ1v) is 8.99. The fourth-order valence-electron chi connectivity index (χ4n) is 3.35. The molecule has 0 atom stereocenters. The van der Waals surface area contributed by atoms with E-state index in [0.717, 1.165) is 31.9 Å². The zero-order valence-corrected chi connectivity index (χ0v) is 15.2. The molecule has 2 heterocycles. The van der Waals surface area contributed by atoms with Crippen molar-refractivity contribution >= 4 is 28.1 Å². The summed E-state index contributed by atoms with van der Waals surface area (Å²) in [7, 11) is 2.12. The highest BCUT2D eigenvalue weighted by Gasteiger charge is 2.15. The van der Waals surface area contributed by atoms with Crippen LogP contribution in [0.4, 0.5) is 15.8 Å². The third kappa shape index (κ3) is 3.61. The minimum Gasteiger partial charge on any atom is -0.369 e. The van der Waals surface area contributed by atoms with Crippen LogP contribution in [0.25, 0.3) is 10.8 Å². The van der Waals surface area contributed by atoms with E-state index < -0.39 is 0 Å². The Hall–Kier alpha value is -2.99. The number of hydrogen-bond acceptors (Lipinski definition) is 4. The summed E-state index contributed by atoms with van der Waals surface area (Å²) in [6, 6.07) is 12.1. The smallest absolute Gasteiger partial charge is 0.255 e. The molecule has 138 valence electrons. The molecule has 1 aliphatic rings. The maximum atomic E-state index is 13.9. The highest BCUT2D eigenvalue weighted by Crippen LogP contribution is 2.25. The molecule has 0 unspecified atom stereocenters. The van der Waals surface area contributed by atoms with E-state index in [1.807, 2.05) is 24.3 Å². The zero-order valence-electron chi connectivity index (χ0n) is 15.2. The summed E-state index contributed by atoms with van der Waals surface area (Å²) in [5, 5.41) is 3.89. The lowest BCUT2D eigenvalue weighted by Gasteiger charge is -2.34. The van der Waals surface area contributed by atoms with Gasteiger partial charge in [0, 0.05) is 60.6 Å². The van der Waals surface area contributed by atoms with Crippen LogP contribution in [-0.4, -0.2) is 49.0 Å². The molecule has 0 bridgehead atoms. The molecule has 1 aromatic heterocycles. The minimum absolute atomic E-state index is 0.225. The van der Waals surface area contributed by atoms with Crippen molar-refractivity contribution in [3.63, 3.8) is 0 Å². The summed E-state index contributed by atoms with van der Waals surface area (Å²) in [6.07, 6.45) is 3.10. The Morgan fingerprint density at radius 3 is 2.48 bits per heavy atom. The van der Waals surface area contributed by atoms with Crippen molar-refractivity contribution in [2.75, 3.05) is 43.4 Å². The van der Waals surface area contributed by atoms with Crippen LogP contribution in [0.1, 0.15) is 10.4 Å². The number of nitrogens with zero attached hydrogens (tertiary/aromatic N) is 3. The van der Waals surface area contributed by atoms with Gasteiger partial charge in [-0.05, 0) is 49.5 Å². The predicted octanol–water partition coefficient (Wildman–Crippen LogP) is 3.38. The van der Waals surface area contributed by atoms with Gasteiger partial charge >= 0.3 is 0 Å². The average Bonchev–Trinajstić information content (AvgIpc) is 2.71. The molecule has 1 amide bonds. The number of amides is 1. The molecule has 1 aliphatic heterocycles. The van der Waals surface area contributed by atoms with Gasteiger partial charge in [-0.15, -0.1) is 0 Å². The maximum Gasteiger partial charge on any atom is 0.255 e. The second-order valence-corrected chi connectivity index (χ2v) is 6.81. The van der Waals surface area contributed by atoms with Crippen molar-refractivity contribution in [1.82, 2.24) is 9.88 Å². The second-order valence-electron chi connectivity index (χ2n) is 6.81. The Bertz CT molecular complexity index is 966. The van der Waals surface area contributed by atoms with Crippen LogP contribution < -0.4 is 10.2 Å². The maximum absolute atomic E-state index is 13.9. The number of piperazine rings is 1. The van der Waals surface area contributed by atoms with E-state index in [1.165, 1.54) is 12.3 Å². The number of halogens is 1. The largest absolute Gasteiger partial charge is 0.369 e. The van der Waals surface area contributed by atoms with E-state index in [1.54, 1.807) is 18.3 Å². The van der Waals surface area contributed by atoms with Crippen LogP contribution in [0, 0.1) is 5.82 Å². The van der Waals surface area contributed by atoms with Crippen LogP contribution in [0.2, 0.25) is 0 Å². The number of pyridine rings is 1. The average molecular weight is 364 g/mol. The van der Waals surface area contributed by atoms with Crippen LogP contribution in [0.5, 0.6) is 0 Å². The van der Waals surface area contributed by atoms with E-state index in [4.69, 9.17) is 0 Å². The SMILES string of the molecule is CN1CCN(c2ccc(C(=O)Nc3ccc(F)c4ccncc34)cc2)CC1. The number of benzene rings is 2. The van der Waals surface area contributed by atoms with Crippen LogP contribution in [0.15, 0.2) is 54.9 Å². The standard InChI is InChI=1S/C21H21FN4O/c1-25-10-12-26(13-11-25)16-4-2-15(3-5-16)21(27)24-20-7-6-19(22)17-8-9-23-14-18(17)20/h2-9,14H,10-13H2,1H3,(H,24,27). The number of hydrogen-bond donors (Lipinski definition) is 1. The van der Waals surface area contributed by atoms with Gasteiger partial charge in [0.1, 0.15) is 5.82 Å². The molecule has 3 aromatic rings. The van der Waals surface area contributed by atoms with Gasteiger partial charge in [0.15, 0.2) is 0 Å². The molecule has 27 heavy (non-hydrogen) atoms. The Labute approximate surface area is 157 Å². The van der Waals surface area contributed by atoms with Gasteiger partial charge in [0.25, 0.3) is 5.91 Å². The van der Waals surface area contributed by atoms with Crippen molar-refractivity contribution in [1.29, 1.82) is 0 Å². The molecule has 0 aliphatic carbocycles. The summed E-state index contributed by atoms with van der Waals surface area (Å²) >= 11 is 0. The minimum atomic E-state index is -0.332. The molecule has 1 fully saturated rings. The Kier molecular flexibility index (Phi) is 4.73. The van der Waals surface area contributed by atoms with E-state index >= 15 is 0 Å². The third-order valence-corrected chi connectivity index (χ3v) is 5.01. The summed E-state index contributed by atoms with van der Waals surface area (Å²) in [6.45, 7) is 4.04. The normalized spacial score (nSPS) is 15.1.